The van der Waals surface area contributed by atoms with Crippen LogP contribution in [-0.4, -0.2) is 70.9 Å². The molecule has 4 unspecified atom stereocenters. The van der Waals surface area contributed by atoms with Gasteiger partial charge in [0.25, 0.3) is 5.91 Å². The smallest absolute Gasteiger partial charge is 0.256 e. The standard InChI is InChI=1S/C43H47N5O6Si/c1-42(2,3)55(5,6)54-37-36(49)34(53-41(37)48-28-46-35-38(44-27-45-39(35)48)47-40(50)29-16-10-7-11-17-29)26-52-43(30-18-12-8-13-19-30,31-20-14-9-15-21-31)32-22-24-33(51-4)25-23-32/h7-25,27-28,34,36-37,41,49H,26H2,1-6H3,(H,44,45,47,50). The van der Waals surface area contributed by atoms with Gasteiger partial charge in [-0.15, -0.1) is 0 Å². The highest BCUT2D eigenvalue weighted by atomic mass is 28.4. The molecule has 284 valence electrons. The molecule has 4 atom stereocenters. The van der Waals surface area contributed by atoms with Gasteiger partial charge in [0.15, 0.2) is 31.5 Å². The second kappa shape index (κ2) is 15.5. The predicted octanol–water partition coefficient (Wildman–Crippen LogP) is 7.74. The summed E-state index contributed by atoms with van der Waals surface area (Å²) in [7, 11) is -0.835. The lowest BCUT2D eigenvalue weighted by atomic mass is 9.80. The quantitative estimate of drug-likeness (QED) is 0.0951. The van der Waals surface area contributed by atoms with E-state index in [2.05, 4.69) is 54.1 Å². The molecule has 0 saturated carbocycles. The highest BCUT2D eigenvalue weighted by molar-refractivity contribution is 6.74. The van der Waals surface area contributed by atoms with Crippen molar-refractivity contribution in [2.45, 2.75) is 69.0 Å². The number of nitrogens with one attached hydrogen (secondary N) is 1. The van der Waals surface area contributed by atoms with E-state index in [1.54, 1.807) is 42.3 Å². The van der Waals surface area contributed by atoms with Crippen molar-refractivity contribution in [2.24, 2.45) is 0 Å². The Balaban J connectivity index is 1.27. The largest absolute Gasteiger partial charge is 0.497 e. The van der Waals surface area contributed by atoms with Gasteiger partial charge in [0.2, 0.25) is 0 Å². The van der Waals surface area contributed by atoms with Crippen LogP contribution in [-0.2, 0) is 19.5 Å². The highest BCUT2D eigenvalue weighted by Gasteiger charge is 2.52. The van der Waals surface area contributed by atoms with E-state index < -0.39 is 38.5 Å². The molecule has 7 rings (SSSR count). The number of aliphatic hydroxyl groups excluding tert-OH is 1. The van der Waals surface area contributed by atoms with Gasteiger partial charge in [-0.2, -0.15) is 0 Å². The van der Waals surface area contributed by atoms with Crippen LogP contribution in [0.1, 0.15) is 54.0 Å². The van der Waals surface area contributed by atoms with Crippen molar-refractivity contribution in [2.75, 3.05) is 19.0 Å². The molecule has 55 heavy (non-hydrogen) atoms. The summed E-state index contributed by atoms with van der Waals surface area (Å²) in [6.07, 6.45) is -0.570. The molecule has 2 aromatic heterocycles. The minimum Gasteiger partial charge on any atom is -0.497 e. The maximum absolute atomic E-state index is 13.1. The van der Waals surface area contributed by atoms with Crippen molar-refractivity contribution in [3.63, 3.8) is 0 Å². The van der Waals surface area contributed by atoms with Gasteiger partial charge in [-0.25, -0.2) is 15.0 Å². The Morgan fingerprint density at radius 1 is 0.836 bits per heavy atom. The molecular weight excluding hydrogens is 711 g/mol. The zero-order valence-corrected chi connectivity index (χ0v) is 32.9. The second-order valence-corrected chi connectivity index (χ2v) is 20.0. The number of rotatable bonds is 12. The summed E-state index contributed by atoms with van der Waals surface area (Å²) in [6.45, 7) is 10.8. The summed E-state index contributed by atoms with van der Waals surface area (Å²) in [4.78, 5) is 26.6. The number of carbonyl (C=O) groups is 1. The third kappa shape index (κ3) is 7.43. The molecule has 11 nitrogen and oxygen atoms in total. The van der Waals surface area contributed by atoms with Crippen LogP contribution in [0.2, 0.25) is 18.1 Å². The number of nitrogens with zero attached hydrogens (tertiary/aromatic N) is 4. The molecule has 1 amide bonds. The average Bonchev–Trinajstić information content (AvgIpc) is 3.76. The summed E-state index contributed by atoms with van der Waals surface area (Å²) in [5.74, 6) is 0.657. The van der Waals surface area contributed by atoms with Crippen LogP contribution < -0.4 is 10.1 Å². The van der Waals surface area contributed by atoms with Crippen LogP contribution in [0, 0.1) is 0 Å². The minimum atomic E-state index is -2.48. The summed E-state index contributed by atoms with van der Waals surface area (Å²) < 4.78 is 28.2. The van der Waals surface area contributed by atoms with Gasteiger partial charge >= 0.3 is 0 Å². The first kappa shape index (κ1) is 38.0. The first-order valence-corrected chi connectivity index (χ1v) is 21.3. The van der Waals surface area contributed by atoms with Crippen LogP contribution >= 0.6 is 0 Å². The van der Waals surface area contributed by atoms with Crippen molar-refractivity contribution in [3.05, 3.63) is 150 Å². The molecule has 3 heterocycles. The van der Waals surface area contributed by atoms with Gasteiger partial charge in [0, 0.05) is 5.56 Å². The molecule has 12 heteroatoms. The second-order valence-electron chi connectivity index (χ2n) is 15.2. The maximum atomic E-state index is 13.1. The first-order valence-electron chi connectivity index (χ1n) is 18.4. The van der Waals surface area contributed by atoms with Crippen molar-refractivity contribution >= 4 is 31.2 Å². The number of hydrogen-bond donors (Lipinski definition) is 2. The van der Waals surface area contributed by atoms with Crippen molar-refractivity contribution < 1.29 is 28.5 Å². The van der Waals surface area contributed by atoms with Crippen molar-refractivity contribution in [1.82, 2.24) is 19.5 Å². The van der Waals surface area contributed by atoms with Crippen LogP contribution in [0.25, 0.3) is 11.2 Å². The van der Waals surface area contributed by atoms with Gasteiger partial charge in [0.1, 0.15) is 36.0 Å². The fourth-order valence-corrected chi connectivity index (χ4v) is 8.04. The molecule has 1 aliphatic heterocycles. The average molecular weight is 758 g/mol. The number of aromatic nitrogens is 4. The number of methoxy groups -OCH3 is 1. The molecular formula is C43H47N5O6Si. The Hall–Kier alpha value is -5.24. The van der Waals surface area contributed by atoms with Gasteiger partial charge in [0.05, 0.1) is 20.0 Å². The van der Waals surface area contributed by atoms with Gasteiger partial charge in [-0.3, -0.25) is 9.36 Å². The Bertz CT molecular complexity index is 2170. The summed E-state index contributed by atoms with van der Waals surface area (Å²) in [6, 6.07) is 36.8. The summed E-state index contributed by atoms with van der Waals surface area (Å²) >= 11 is 0. The minimum absolute atomic E-state index is 0.00480. The number of anilines is 1. The fraction of sp³-hybridized carbons (Fsp3) is 0.302. The SMILES string of the molecule is COc1ccc(C(OCC2OC(n3cnc4c(NC(=O)c5ccccc5)ncnc43)C(O[Si](C)(C)C(C)(C)C)C2O)(c2ccccc2)c2ccccc2)cc1. The van der Waals surface area contributed by atoms with E-state index in [4.69, 9.17) is 18.6 Å². The molecule has 1 fully saturated rings. The van der Waals surface area contributed by atoms with E-state index in [1.165, 1.54) is 6.33 Å². The Morgan fingerprint density at radius 2 is 1.42 bits per heavy atom. The van der Waals surface area contributed by atoms with E-state index >= 15 is 0 Å². The predicted molar refractivity (Wildman–Crippen MR) is 213 cm³/mol. The van der Waals surface area contributed by atoms with Crippen molar-refractivity contribution in [1.29, 1.82) is 0 Å². The summed E-state index contributed by atoms with van der Waals surface area (Å²) in [5.41, 5.74) is 2.90. The van der Waals surface area contributed by atoms with Crippen LogP contribution in [0.5, 0.6) is 5.75 Å². The normalized spacial score (nSPS) is 19.0. The molecule has 0 bridgehead atoms. The number of hydrogen-bond acceptors (Lipinski definition) is 9. The third-order valence-electron chi connectivity index (χ3n) is 10.8. The Morgan fingerprint density at radius 3 is 2.00 bits per heavy atom. The van der Waals surface area contributed by atoms with Crippen molar-refractivity contribution in [3.8, 4) is 5.75 Å². The van der Waals surface area contributed by atoms with Crippen LogP contribution in [0.3, 0.4) is 0 Å². The lowest BCUT2D eigenvalue weighted by Crippen LogP contribution is -2.49. The van der Waals surface area contributed by atoms with Crippen LogP contribution in [0.15, 0.2) is 128 Å². The number of fused-ring (bicyclic) bond motifs is 1. The van der Waals surface area contributed by atoms with E-state index in [-0.39, 0.29) is 23.4 Å². The maximum Gasteiger partial charge on any atom is 0.256 e. The zero-order chi connectivity index (χ0) is 38.8. The summed E-state index contributed by atoms with van der Waals surface area (Å²) in [5, 5.41) is 15.0. The van der Waals surface area contributed by atoms with Gasteiger partial charge in [-0.1, -0.05) is 112 Å². The van der Waals surface area contributed by atoms with Gasteiger partial charge in [-0.05, 0) is 59.1 Å². The number of aliphatic hydroxyl groups is 1. The number of benzene rings is 4. The number of ether oxygens (including phenoxy) is 3. The fourth-order valence-electron chi connectivity index (χ4n) is 6.75. The molecule has 0 aliphatic carbocycles. The highest BCUT2D eigenvalue weighted by Crippen LogP contribution is 2.45. The zero-order valence-electron chi connectivity index (χ0n) is 31.9. The molecule has 1 aliphatic rings. The lowest BCUT2D eigenvalue weighted by molar-refractivity contribution is -0.0940. The number of imidazole rings is 1. The monoisotopic (exact) mass is 757 g/mol. The first-order chi connectivity index (χ1) is 26.4. The van der Waals surface area contributed by atoms with Gasteiger partial charge < -0.3 is 29.1 Å². The van der Waals surface area contributed by atoms with E-state index in [9.17, 15) is 9.90 Å². The number of amides is 1. The molecule has 0 radical (unpaired) electrons. The molecule has 0 spiro atoms. The molecule has 6 aromatic rings. The Labute approximate surface area is 322 Å². The Kier molecular flexibility index (Phi) is 10.7. The molecule has 2 N–H and O–H groups in total. The van der Waals surface area contributed by atoms with E-state index in [0.717, 1.165) is 22.4 Å². The van der Waals surface area contributed by atoms with E-state index in [1.807, 2.05) is 91.0 Å². The molecule has 1 saturated heterocycles. The van der Waals surface area contributed by atoms with E-state index in [0.29, 0.717) is 16.7 Å². The van der Waals surface area contributed by atoms with Crippen LogP contribution in [0.4, 0.5) is 5.82 Å². The topological polar surface area (TPSA) is 130 Å². The number of carbonyl (C=O) groups excluding carboxylic acids is 1. The third-order valence-corrected chi connectivity index (χ3v) is 15.2. The lowest BCUT2D eigenvalue weighted by Gasteiger charge is -2.40. The molecule has 4 aromatic carbocycles.